The molecule has 11 heteroatoms. The molecule has 3 aliphatic rings. The lowest BCUT2D eigenvalue weighted by molar-refractivity contribution is -0.153. The van der Waals surface area contributed by atoms with Crippen molar-refractivity contribution in [2.75, 3.05) is 19.7 Å². The van der Waals surface area contributed by atoms with Crippen molar-refractivity contribution < 1.29 is 24.2 Å². The van der Waals surface area contributed by atoms with Crippen molar-refractivity contribution in [3.63, 3.8) is 0 Å². The molecule has 2 aromatic carbocycles. The van der Waals surface area contributed by atoms with E-state index in [4.69, 9.17) is 4.74 Å². The molecule has 0 aliphatic carbocycles. The first-order valence-electron chi connectivity index (χ1n) is 15.6. The number of rotatable bonds is 13. The number of benzene rings is 2. The molecule has 11 nitrogen and oxygen atoms in total. The fraction of sp³-hybridized carbons (Fsp3) is 0.441. The van der Waals surface area contributed by atoms with Gasteiger partial charge in [-0.25, -0.2) is 4.68 Å². The maximum atomic E-state index is 14.7. The number of hydrogen-bond acceptors (Lipinski definition) is 7. The van der Waals surface area contributed by atoms with Crippen LogP contribution in [0.2, 0.25) is 0 Å². The third kappa shape index (κ3) is 5.13. The number of carbonyl (C=O) groups excluding carboxylic acids is 3. The fourth-order valence-corrected chi connectivity index (χ4v) is 7.59. The molecule has 6 rings (SSSR count). The lowest BCUT2D eigenvalue weighted by atomic mass is 9.70. The Morgan fingerprint density at radius 3 is 2.51 bits per heavy atom. The molecule has 3 saturated heterocycles. The molecule has 45 heavy (non-hydrogen) atoms. The van der Waals surface area contributed by atoms with E-state index < -0.39 is 35.6 Å². The summed E-state index contributed by atoms with van der Waals surface area (Å²) in [6, 6.07) is 15.5. The van der Waals surface area contributed by atoms with E-state index in [0.717, 1.165) is 11.1 Å². The molecule has 3 fully saturated rings. The zero-order valence-corrected chi connectivity index (χ0v) is 25.6. The number of para-hydroxylation sites is 1. The highest BCUT2D eigenvalue weighted by Crippen LogP contribution is 2.59. The topological polar surface area (TPSA) is 121 Å². The van der Waals surface area contributed by atoms with E-state index in [1.165, 1.54) is 4.90 Å². The molecule has 2 unspecified atom stereocenters. The molecule has 0 radical (unpaired) electrons. The van der Waals surface area contributed by atoms with Gasteiger partial charge in [-0.15, -0.1) is 18.3 Å². The summed E-state index contributed by atoms with van der Waals surface area (Å²) in [7, 11) is 0. The number of nitrogens with zero attached hydrogens (tertiary/aromatic N) is 6. The summed E-state index contributed by atoms with van der Waals surface area (Å²) in [5.41, 5.74) is 1.23. The van der Waals surface area contributed by atoms with Gasteiger partial charge in [0.1, 0.15) is 23.8 Å². The van der Waals surface area contributed by atoms with Crippen LogP contribution < -0.4 is 0 Å². The highest BCUT2D eigenvalue weighted by Gasteiger charge is 2.75. The molecule has 236 valence electrons. The molecular weight excluding hydrogens is 572 g/mol. The van der Waals surface area contributed by atoms with Crippen molar-refractivity contribution in [1.82, 2.24) is 29.7 Å². The van der Waals surface area contributed by atoms with Crippen molar-refractivity contribution >= 4 is 28.8 Å². The van der Waals surface area contributed by atoms with Crippen LogP contribution in [0.15, 0.2) is 79.9 Å². The van der Waals surface area contributed by atoms with Crippen molar-refractivity contribution in [3.05, 3.63) is 85.5 Å². The van der Waals surface area contributed by atoms with Gasteiger partial charge < -0.3 is 24.5 Å². The van der Waals surface area contributed by atoms with E-state index in [9.17, 15) is 19.5 Å². The van der Waals surface area contributed by atoms with E-state index in [1.807, 2.05) is 61.5 Å². The van der Waals surface area contributed by atoms with Gasteiger partial charge in [0.2, 0.25) is 17.7 Å². The summed E-state index contributed by atoms with van der Waals surface area (Å²) < 4.78 is 8.32. The Labute approximate surface area is 262 Å². The fourth-order valence-electron chi connectivity index (χ4n) is 7.59. The number of amides is 3. The van der Waals surface area contributed by atoms with Crippen LogP contribution in [-0.4, -0.2) is 96.0 Å². The summed E-state index contributed by atoms with van der Waals surface area (Å²) in [6.45, 7) is 10.2. The number of aliphatic hydroxyl groups excluding tert-OH is 1. The first-order valence-corrected chi connectivity index (χ1v) is 15.6. The van der Waals surface area contributed by atoms with E-state index in [1.54, 1.807) is 26.6 Å². The number of aromatic nitrogens is 3. The quantitative estimate of drug-likeness (QED) is 0.295. The van der Waals surface area contributed by atoms with Gasteiger partial charge in [-0.2, -0.15) is 0 Å². The minimum atomic E-state index is -1.20. The lowest BCUT2D eigenvalue weighted by Gasteiger charge is -2.39. The van der Waals surface area contributed by atoms with E-state index in [2.05, 4.69) is 23.5 Å². The molecule has 4 heterocycles. The van der Waals surface area contributed by atoms with E-state index in [-0.39, 0.29) is 37.5 Å². The summed E-state index contributed by atoms with van der Waals surface area (Å²) in [4.78, 5) is 48.4. The van der Waals surface area contributed by atoms with Crippen LogP contribution in [0, 0.1) is 11.8 Å². The normalized spacial score (nSPS) is 25.7. The van der Waals surface area contributed by atoms with E-state index >= 15 is 0 Å². The van der Waals surface area contributed by atoms with Crippen molar-refractivity contribution in [2.24, 2.45) is 11.8 Å². The van der Waals surface area contributed by atoms with Gasteiger partial charge in [-0.05, 0) is 37.0 Å². The van der Waals surface area contributed by atoms with Crippen LogP contribution >= 0.6 is 0 Å². The Morgan fingerprint density at radius 1 is 1.09 bits per heavy atom. The van der Waals surface area contributed by atoms with Gasteiger partial charge >= 0.3 is 0 Å². The van der Waals surface area contributed by atoms with Crippen LogP contribution in [0.3, 0.4) is 0 Å². The summed E-state index contributed by atoms with van der Waals surface area (Å²) in [6.07, 6.45) is 4.26. The Bertz CT molecular complexity index is 1590. The zero-order chi connectivity index (χ0) is 31.7. The molecule has 3 aromatic rings. The molecule has 1 aromatic heterocycles. The number of carbonyl (C=O) groups is 3. The largest absolute Gasteiger partial charge is 0.394 e. The molecule has 1 N–H and O–H groups in total. The summed E-state index contributed by atoms with van der Waals surface area (Å²) >= 11 is 0. The smallest absolute Gasteiger partial charge is 0.250 e. The molecule has 2 bridgehead atoms. The Kier molecular flexibility index (Phi) is 8.56. The molecule has 1 spiro atoms. The molecular formula is C34H40N6O5. The van der Waals surface area contributed by atoms with Gasteiger partial charge in [0.05, 0.1) is 36.1 Å². The highest BCUT2D eigenvalue weighted by molar-refractivity contribution is 5.99. The van der Waals surface area contributed by atoms with Crippen LogP contribution in [0.5, 0.6) is 0 Å². The lowest BCUT2D eigenvalue weighted by Crippen LogP contribution is -2.58. The van der Waals surface area contributed by atoms with Crippen LogP contribution in [0.4, 0.5) is 0 Å². The SMILES string of the molecule is C=CCN(Cn1nnc2ccccc21)C(=O)C1N([C@@H](CC)CO)C(=O)[C@@H]2[C@H](C(=O)N(CC=C)Cc3ccccc3)[C@@H]3CCC12O3. The van der Waals surface area contributed by atoms with Crippen molar-refractivity contribution in [2.45, 2.75) is 63.2 Å². The summed E-state index contributed by atoms with van der Waals surface area (Å²) in [5.74, 6) is -2.44. The van der Waals surface area contributed by atoms with Crippen LogP contribution in [0.25, 0.3) is 11.0 Å². The third-order valence-corrected chi connectivity index (χ3v) is 9.60. The first kappa shape index (κ1) is 30.7. The molecule has 3 aliphatic heterocycles. The molecule has 0 saturated carbocycles. The van der Waals surface area contributed by atoms with Crippen molar-refractivity contribution in [3.8, 4) is 0 Å². The predicted molar refractivity (Wildman–Crippen MR) is 167 cm³/mol. The second-order valence-electron chi connectivity index (χ2n) is 12.1. The average Bonchev–Trinajstić information content (AvgIpc) is 3.81. The zero-order valence-electron chi connectivity index (χ0n) is 25.6. The maximum absolute atomic E-state index is 14.7. The number of likely N-dealkylation sites (tertiary alicyclic amines) is 1. The molecule has 3 amide bonds. The Morgan fingerprint density at radius 2 is 1.80 bits per heavy atom. The van der Waals surface area contributed by atoms with Gasteiger partial charge in [0, 0.05) is 19.6 Å². The standard InChI is InChI=1S/C34H40N6O5/c1-4-18-37(20-23-12-8-7-9-13-23)31(42)28-27-16-17-34(45-27)29(28)32(43)40(24(6-3)21-41)30(34)33(44)38(19-5-2)22-39-26-15-11-10-14-25(26)35-36-39/h4-5,7-15,24,27-30,41H,1-2,6,16-22H2,3H3/t24-,27-,28+,29-,30?,34?/m0/s1. The van der Waals surface area contributed by atoms with Gasteiger partial charge in [0.15, 0.2) is 0 Å². The third-order valence-electron chi connectivity index (χ3n) is 9.60. The van der Waals surface area contributed by atoms with E-state index in [0.29, 0.717) is 37.9 Å². The Balaban J connectivity index is 1.36. The van der Waals surface area contributed by atoms with Crippen LogP contribution in [0.1, 0.15) is 31.7 Å². The number of aliphatic hydroxyl groups is 1. The maximum Gasteiger partial charge on any atom is 0.250 e. The monoisotopic (exact) mass is 612 g/mol. The predicted octanol–water partition coefficient (Wildman–Crippen LogP) is 2.76. The molecule has 6 atom stereocenters. The minimum Gasteiger partial charge on any atom is -0.394 e. The highest BCUT2D eigenvalue weighted by atomic mass is 16.5. The van der Waals surface area contributed by atoms with Crippen molar-refractivity contribution in [1.29, 1.82) is 0 Å². The first-order chi connectivity index (χ1) is 21.9. The summed E-state index contributed by atoms with van der Waals surface area (Å²) in [5, 5.41) is 18.9. The van der Waals surface area contributed by atoms with Gasteiger partial charge in [-0.3, -0.25) is 14.4 Å². The number of fused-ring (bicyclic) bond motifs is 2. The average molecular weight is 613 g/mol. The second-order valence-corrected chi connectivity index (χ2v) is 12.1. The number of hydrogen-bond donors (Lipinski definition) is 1. The van der Waals surface area contributed by atoms with Crippen LogP contribution in [-0.2, 0) is 32.3 Å². The van der Waals surface area contributed by atoms with Gasteiger partial charge in [0.25, 0.3) is 0 Å². The second kappa shape index (κ2) is 12.6. The minimum absolute atomic E-state index is 0.0799. The number of ether oxygens (including phenoxy) is 1. The van der Waals surface area contributed by atoms with Gasteiger partial charge in [-0.1, -0.05) is 66.8 Å². The Hall–Kier alpha value is -4.35.